The molecular formula is C18H29IN6O. The zero-order valence-corrected chi connectivity index (χ0v) is 17.6. The van der Waals surface area contributed by atoms with Crippen molar-refractivity contribution in [3.8, 4) is 0 Å². The van der Waals surface area contributed by atoms with Crippen molar-refractivity contribution in [1.29, 1.82) is 0 Å². The summed E-state index contributed by atoms with van der Waals surface area (Å²) >= 11 is 0. The molecule has 3 rings (SSSR count). The van der Waals surface area contributed by atoms with Crippen LogP contribution in [0.1, 0.15) is 31.1 Å². The first-order valence-electron chi connectivity index (χ1n) is 9.06. The van der Waals surface area contributed by atoms with Gasteiger partial charge in [-0.05, 0) is 44.1 Å². The molecule has 0 aliphatic carbocycles. The number of likely N-dealkylation sites (tertiary alicyclic amines) is 1. The Bertz CT molecular complexity index is 622. The molecule has 26 heavy (non-hydrogen) atoms. The number of hydrogen-bond acceptors (Lipinski definition) is 4. The third kappa shape index (κ3) is 6.01. The van der Waals surface area contributed by atoms with E-state index >= 15 is 0 Å². The molecule has 1 atom stereocenters. The van der Waals surface area contributed by atoms with E-state index in [4.69, 9.17) is 4.42 Å². The molecule has 1 saturated heterocycles. The minimum Gasteiger partial charge on any atom is -0.468 e. The van der Waals surface area contributed by atoms with Crippen molar-refractivity contribution in [2.75, 3.05) is 33.2 Å². The SMILES string of the molecule is CN=C(NCCn1cccn1)NCC(c1ccco1)N1CCCCC1.I. The van der Waals surface area contributed by atoms with Crippen LogP contribution >= 0.6 is 24.0 Å². The van der Waals surface area contributed by atoms with E-state index in [0.29, 0.717) is 0 Å². The van der Waals surface area contributed by atoms with Gasteiger partial charge in [-0.15, -0.1) is 24.0 Å². The molecule has 8 heteroatoms. The molecule has 144 valence electrons. The Balaban J connectivity index is 0.00000243. The molecule has 1 unspecified atom stereocenters. The fraction of sp³-hybridized carbons (Fsp3) is 0.556. The van der Waals surface area contributed by atoms with E-state index in [1.807, 2.05) is 23.0 Å². The maximum atomic E-state index is 5.69. The number of nitrogens with zero attached hydrogens (tertiary/aromatic N) is 4. The highest BCUT2D eigenvalue weighted by Gasteiger charge is 2.24. The van der Waals surface area contributed by atoms with Crippen molar-refractivity contribution in [1.82, 2.24) is 25.3 Å². The largest absolute Gasteiger partial charge is 0.468 e. The van der Waals surface area contributed by atoms with Gasteiger partial charge >= 0.3 is 0 Å². The van der Waals surface area contributed by atoms with Gasteiger partial charge in [0.25, 0.3) is 0 Å². The molecule has 1 aliphatic rings. The number of rotatable bonds is 7. The van der Waals surface area contributed by atoms with Crippen molar-refractivity contribution in [2.45, 2.75) is 31.8 Å². The second-order valence-corrected chi connectivity index (χ2v) is 6.28. The third-order valence-corrected chi connectivity index (χ3v) is 4.58. The highest BCUT2D eigenvalue weighted by atomic mass is 127. The van der Waals surface area contributed by atoms with E-state index in [-0.39, 0.29) is 30.0 Å². The second kappa shape index (κ2) is 11.2. The number of halogens is 1. The quantitative estimate of drug-likeness (QED) is 0.368. The summed E-state index contributed by atoms with van der Waals surface area (Å²) in [5, 5.41) is 11.0. The summed E-state index contributed by atoms with van der Waals surface area (Å²) in [6.07, 6.45) is 9.35. The number of nitrogens with one attached hydrogen (secondary N) is 2. The highest BCUT2D eigenvalue weighted by Crippen LogP contribution is 2.24. The predicted octanol–water partition coefficient (Wildman–Crippen LogP) is 2.49. The molecule has 0 radical (unpaired) electrons. The van der Waals surface area contributed by atoms with Gasteiger partial charge in [-0.3, -0.25) is 14.6 Å². The van der Waals surface area contributed by atoms with E-state index in [1.54, 1.807) is 19.5 Å². The van der Waals surface area contributed by atoms with Gasteiger partial charge in [-0.25, -0.2) is 0 Å². The first-order valence-corrected chi connectivity index (χ1v) is 9.06. The molecule has 0 aromatic carbocycles. The van der Waals surface area contributed by atoms with Gasteiger partial charge in [0, 0.05) is 32.5 Å². The number of furan rings is 1. The highest BCUT2D eigenvalue weighted by molar-refractivity contribution is 14.0. The molecule has 0 amide bonds. The first-order chi connectivity index (χ1) is 12.4. The minimum atomic E-state index is 0. The lowest BCUT2D eigenvalue weighted by Gasteiger charge is -2.33. The summed E-state index contributed by atoms with van der Waals surface area (Å²) in [5.41, 5.74) is 0. The molecule has 0 spiro atoms. The summed E-state index contributed by atoms with van der Waals surface area (Å²) in [6.45, 7) is 4.60. The van der Waals surface area contributed by atoms with Crippen LogP contribution in [-0.4, -0.2) is 53.9 Å². The van der Waals surface area contributed by atoms with Crippen LogP contribution in [0.25, 0.3) is 0 Å². The lowest BCUT2D eigenvalue weighted by molar-refractivity contribution is 0.146. The van der Waals surface area contributed by atoms with E-state index in [1.165, 1.54) is 19.3 Å². The molecule has 1 fully saturated rings. The molecule has 2 N–H and O–H groups in total. The summed E-state index contributed by atoms with van der Waals surface area (Å²) < 4.78 is 7.59. The van der Waals surface area contributed by atoms with Gasteiger partial charge in [-0.2, -0.15) is 5.10 Å². The maximum Gasteiger partial charge on any atom is 0.191 e. The Hall–Kier alpha value is -1.55. The van der Waals surface area contributed by atoms with Crippen LogP contribution in [0.2, 0.25) is 0 Å². The Morgan fingerprint density at radius 1 is 1.27 bits per heavy atom. The number of aromatic nitrogens is 2. The maximum absolute atomic E-state index is 5.69. The van der Waals surface area contributed by atoms with Gasteiger partial charge in [0.05, 0.1) is 18.8 Å². The van der Waals surface area contributed by atoms with Gasteiger partial charge in [0.15, 0.2) is 5.96 Å². The number of piperidine rings is 1. The van der Waals surface area contributed by atoms with Crippen molar-refractivity contribution in [2.24, 2.45) is 4.99 Å². The minimum absolute atomic E-state index is 0. The van der Waals surface area contributed by atoms with Gasteiger partial charge in [-0.1, -0.05) is 6.42 Å². The lowest BCUT2D eigenvalue weighted by Crippen LogP contribution is -2.45. The summed E-state index contributed by atoms with van der Waals surface area (Å²) in [7, 11) is 1.80. The van der Waals surface area contributed by atoms with E-state index in [9.17, 15) is 0 Å². The lowest BCUT2D eigenvalue weighted by atomic mass is 10.1. The average molecular weight is 472 g/mol. The number of aliphatic imine (C=N–C) groups is 1. The molecule has 0 bridgehead atoms. The standard InChI is InChI=1S/C18H28N6O.HI/c1-19-18(20-9-13-24-12-6-8-22-24)21-15-16(17-7-5-14-25-17)23-10-3-2-4-11-23;/h5-8,12,14,16H,2-4,9-11,13,15H2,1H3,(H2,19,20,21);1H. The fourth-order valence-electron chi connectivity index (χ4n) is 3.26. The smallest absolute Gasteiger partial charge is 0.191 e. The molecular weight excluding hydrogens is 443 g/mol. The van der Waals surface area contributed by atoms with Crippen LogP contribution < -0.4 is 10.6 Å². The number of hydrogen-bond donors (Lipinski definition) is 2. The summed E-state index contributed by atoms with van der Waals surface area (Å²) in [5.74, 6) is 1.82. The Labute approximate surface area is 172 Å². The third-order valence-electron chi connectivity index (χ3n) is 4.58. The van der Waals surface area contributed by atoms with Crippen molar-refractivity contribution >= 4 is 29.9 Å². The topological polar surface area (TPSA) is 70.6 Å². The van der Waals surface area contributed by atoms with Crippen molar-refractivity contribution in [3.63, 3.8) is 0 Å². The van der Waals surface area contributed by atoms with Gasteiger partial charge in [0.1, 0.15) is 5.76 Å². The molecule has 2 aromatic rings. The molecule has 3 heterocycles. The second-order valence-electron chi connectivity index (χ2n) is 6.28. The van der Waals surface area contributed by atoms with Crippen LogP contribution in [-0.2, 0) is 6.54 Å². The monoisotopic (exact) mass is 472 g/mol. The van der Waals surface area contributed by atoms with Crippen LogP contribution in [0.3, 0.4) is 0 Å². The van der Waals surface area contributed by atoms with Crippen LogP contribution in [0.4, 0.5) is 0 Å². The molecule has 1 aliphatic heterocycles. The molecule has 7 nitrogen and oxygen atoms in total. The average Bonchev–Trinajstić information content (AvgIpc) is 3.35. The van der Waals surface area contributed by atoms with E-state index < -0.39 is 0 Å². The zero-order valence-electron chi connectivity index (χ0n) is 15.3. The van der Waals surface area contributed by atoms with Crippen molar-refractivity contribution in [3.05, 3.63) is 42.6 Å². The number of guanidine groups is 1. The van der Waals surface area contributed by atoms with Crippen LogP contribution in [0.15, 0.2) is 46.3 Å². The zero-order chi connectivity index (χ0) is 17.3. The predicted molar refractivity (Wildman–Crippen MR) is 114 cm³/mol. The van der Waals surface area contributed by atoms with Crippen molar-refractivity contribution < 1.29 is 4.42 Å². The molecule has 0 saturated carbocycles. The van der Waals surface area contributed by atoms with Gasteiger partial charge in [0.2, 0.25) is 0 Å². The summed E-state index contributed by atoms with van der Waals surface area (Å²) in [6, 6.07) is 6.19. The first kappa shape index (κ1) is 20.8. The molecule has 2 aromatic heterocycles. The fourth-order valence-corrected chi connectivity index (χ4v) is 3.26. The van der Waals surface area contributed by atoms with Crippen LogP contribution in [0, 0.1) is 0 Å². The van der Waals surface area contributed by atoms with Crippen LogP contribution in [0.5, 0.6) is 0 Å². The summed E-state index contributed by atoms with van der Waals surface area (Å²) in [4.78, 5) is 6.83. The Kier molecular flexibility index (Phi) is 8.96. The van der Waals surface area contributed by atoms with E-state index in [0.717, 1.165) is 44.4 Å². The Morgan fingerprint density at radius 2 is 2.12 bits per heavy atom. The Morgan fingerprint density at radius 3 is 2.77 bits per heavy atom. The normalized spacial score (nSPS) is 16.7. The van der Waals surface area contributed by atoms with E-state index in [2.05, 4.69) is 31.7 Å². The van der Waals surface area contributed by atoms with Gasteiger partial charge < -0.3 is 15.1 Å².